The van der Waals surface area contributed by atoms with Crippen LogP contribution in [0.25, 0.3) is 0 Å². The fourth-order valence-corrected chi connectivity index (χ4v) is 2.57. The average Bonchev–Trinajstić information content (AvgIpc) is 2.56. The summed E-state index contributed by atoms with van der Waals surface area (Å²) in [5.74, 6) is -2.56. The lowest BCUT2D eigenvalue weighted by molar-refractivity contribution is -0.138. The van der Waals surface area contributed by atoms with Crippen LogP contribution in [0, 0.1) is 17.2 Å². The van der Waals surface area contributed by atoms with Crippen LogP contribution < -0.4 is 5.32 Å². The molecule has 2 amide bonds. The molecule has 2 heterocycles. The van der Waals surface area contributed by atoms with Crippen LogP contribution in [-0.2, 0) is 14.4 Å². The second kappa shape index (κ2) is 8.77. The van der Waals surface area contributed by atoms with Gasteiger partial charge in [-0.3, -0.25) is 14.4 Å². The Kier molecular flexibility index (Phi) is 6.43. The number of carbonyl (C=O) groups is 3. The van der Waals surface area contributed by atoms with Gasteiger partial charge in [0.1, 0.15) is 5.82 Å². The molecule has 126 valence electrons. The van der Waals surface area contributed by atoms with E-state index in [2.05, 4.69) is 10.3 Å². The predicted molar refractivity (Wildman–Crippen MR) is 86.6 cm³/mol. The van der Waals surface area contributed by atoms with Crippen molar-refractivity contribution in [2.75, 3.05) is 18.4 Å². The number of ketones is 1. The molecule has 0 radical (unpaired) electrons. The quantitative estimate of drug-likeness (QED) is 0.825. The van der Waals surface area contributed by atoms with Crippen molar-refractivity contribution < 1.29 is 14.4 Å². The number of hydrogen-bond donors (Lipinski definition) is 1. The summed E-state index contributed by atoms with van der Waals surface area (Å²) in [5, 5.41) is 11.6. The van der Waals surface area contributed by atoms with Gasteiger partial charge < -0.3 is 10.2 Å². The van der Waals surface area contributed by atoms with Gasteiger partial charge in [0.2, 0.25) is 5.91 Å². The van der Waals surface area contributed by atoms with E-state index in [1.165, 1.54) is 11.1 Å². The highest BCUT2D eigenvalue weighted by Gasteiger charge is 2.29. The number of aromatic nitrogens is 1. The van der Waals surface area contributed by atoms with Crippen molar-refractivity contribution in [2.24, 2.45) is 5.92 Å². The van der Waals surface area contributed by atoms with E-state index >= 15 is 0 Å². The molecule has 1 saturated heterocycles. The zero-order valence-corrected chi connectivity index (χ0v) is 13.4. The van der Waals surface area contributed by atoms with Crippen LogP contribution in [0.5, 0.6) is 0 Å². The van der Waals surface area contributed by atoms with Crippen molar-refractivity contribution in [1.82, 2.24) is 9.88 Å². The number of carbonyl (C=O) groups excluding carboxylic acids is 3. The molecular formula is C17H20N4O3. The van der Waals surface area contributed by atoms with E-state index in [0.717, 1.165) is 25.7 Å². The molecule has 7 nitrogen and oxygen atoms in total. The maximum absolute atomic E-state index is 12.3. The van der Waals surface area contributed by atoms with Gasteiger partial charge in [-0.1, -0.05) is 18.9 Å². The van der Waals surface area contributed by atoms with E-state index in [4.69, 9.17) is 0 Å². The minimum Gasteiger partial charge on any atom is -0.335 e. The molecule has 1 unspecified atom stereocenters. The zero-order valence-electron chi connectivity index (χ0n) is 13.4. The largest absolute Gasteiger partial charge is 0.335 e. The van der Waals surface area contributed by atoms with E-state index in [0.29, 0.717) is 13.0 Å². The highest BCUT2D eigenvalue weighted by molar-refractivity contribution is 6.10. The second-order valence-corrected chi connectivity index (χ2v) is 5.71. The topological polar surface area (TPSA) is 103 Å². The Bertz CT molecular complexity index is 639. The SMILES string of the molecule is N#CC(C(=O)CN1CCCCCCC1=O)C(=O)Nc1ccccn1. The molecule has 1 aliphatic heterocycles. The van der Waals surface area contributed by atoms with E-state index in [1.807, 2.05) is 0 Å². The fourth-order valence-electron chi connectivity index (χ4n) is 2.57. The number of nitriles is 1. The predicted octanol–water partition coefficient (Wildman–Crippen LogP) is 1.52. The summed E-state index contributed by atoms with van der Waals surface area (Å²) >= 11 is 0. The first-order chi connectivity index (χ1) is 11.6. The van der Waals surface area contributed by atoms with E-state index in [9.17, 15) is 19.6 Å². The van der Waals surface area contributed by atoms with Crippen LogP contribution >= 0.6 is 0 Å². The first kappa shape index (κ1) is 17.6. The molecule has 1 atom stereocenters. The molecule has 0 aliphatic carbocycles. The Hall–Kier alpha value is -2.75. The van der Waals surface area contributed by atoms with E-state index in [-0.39, 0.29) is 18.3 Å². The zero-order chi connectivity index (χ0) is 17.4. The monoisotopic (exact) mass is 328 g/mol. The van der Waals surface area contributed by atoms with Gasteiger partial charge in [-0.15, -0.1) is 0 Å². The average molecular weight is 328 g/mol. The van der Waals surface area contributed by atoms with Gasteiger partial charge in [-0.25, -0.2) is 4.98 Å². The van der Waals surface area contributed by atoms with Crippen molar-refractivity contribution in [2.45, 2.75) is 32.1 Å². The number of anilines is 1. The molecule has 1 aromatic rings. The van der Waals surface area contributed by atoms with Gasteiger partial charge in [-0.2, -0.15) is 5.26 Å². The Morgan fingerprint density at radius 1 is 1.29 bits per heavy atom. The smallest absolute Gasteiger partial charge is 0.250 e. The van der Waals surface area contributed by atoms with Crippen LogP contribution in [0.3, 0.4) is 0 Å². The molecule has 1 N–H and O–H groups in total. The minimum absolute atomic E-state index is 0.0927. The number of pyridine rings is 1. The maximum atomic E-state index is 12.3. The molecule has 1 aliphatic rings. The lowest BCUT2D eigenvalue weighted by Gasteiger charge is -2.24. The molecule has 7 heteroatoms. The third-order valence-corrected chi connectivity index (χ3v) is 3.90. The molecule has 0 saturated carbocycles. The molecule has 0 spiro atoms. The summed E-state index contributed by atoms with van der Waals surface area (Å²) < 4.78 is 0. The van der Waals surface area contributed by atoms with Gasteiger partial charge in [0.05, 0.1) is 12.6 Å². The summed E-state index contributed by atoms with van der Waals surface area (Å²) in [7, 11) is 0. The van der Waals surface area contributed by atoms with Gasteiger partial charge in [0, 0.05) is 19.2 Å². The third kappa shape index (κ3) is 4.88. The summed E-state index contributed by atoms with van der Waals surface area (Å²) in [4.78, 5) is 41.9. The Morgan fingerprint density at radius 2 is 2.08 bits per heavy atom. The maximum Gasteiger partial charge on any atom is 0.250 e. The highest BCUT2D eigenvalue weighted by atomic mass is 16.2. The van der Waals surface area contributed by atoms with Crippen molar-refractivity contribution in [3.63, 3.8) is 0 Å². The van der Waals surface area contributed by atoms with Gasteiger partial charge in [0.25, 0.3) is 5.91 Å². The summed E-state index contributed by atoms with van der Waals surface area (Å²) in [6.45, 7) is 0.289. The fraction of sp³-hybridized carbons (Fsp3) is 0.471. The van der Waals surface area contributed by atoms with Crippen molar-refractivity contribution in [3.8, 4) is 6.07 Å². The van der Waals surface area contributed by atoms with E-state index in [1.54, 1.807) is 24.3 Å². The number of amides is 2. The number of rotatable bonds is 5. The van der Waals surface area contributed by atoms with Crippen molar-refractivity contribution >= 4 is 23.4 Å². The normalized spacial score (nSPS) is 16.5. The minimum atomic E-state index is -1.45. The van der Waals surface area contributed by atoms with Crippen LogP contribution in [0.2, 0.25) is 0 Å². The van der Waals surface area contributed by atoms with Gasteiger partial charge in [-0.05, 0) is 25.0 Å². The van der Waals surface area contributed by atoms with Crippen LogP contribution in [0.4, 0.5) is 5.82 Å². The van der Waals surface area contributed by atoms with Crippen LogP contribution in [0.1, 0.15) is 32.1 Å². The summed E-state index contributed by atoms with van der Waals surface area (Å²) in [6, 6.07) is 6.67. The first-order valence-corrected chi connectivity index (χ1v) is 8.04. The molecule has 1 aromatic heterocycles. The van der Waals surface area contributed by atoms with Crippen LogP contribution in [0.15, 0.2) is 24.4 Å². The number of Topliss-reactive ketones (excluding diaryl/α,β-unsaturated/α-hetero) is 1. The number of hydrogen-bond acceptors (Lipinski definition) is 5. The lowest BCUT2D eigenvalue weighted by atomic mass is 10.0. The van der Waals surface area contributed by atoms with Crippen molar-refractivity contribution in [1.29, 1.82) is 5.26 Å². The van der Waals surface area contributed by atoms with Gasteiger partial charge >= 0.3 is 0 Å². The Morgan fingerprint density at radius 3 is 2.79 bits per heavy atom. The highest BCUT2D eigenvalue weighted by Crippen LogP contribution is 2.13. The number of nitrogens with zero attached hydrogens (tertiary/aromatic N) is 3. The summed E-state index contributed by atoms with van der Waals surface area (Å²) in [5.41, 5.74) is 0. The molecule has 2 rings (SSSR count). The first-order valence-electron chi connectivity index (χ1n) is 8.04. The molecular weight excluding hydrogens is 308 g/mol. The molecule has 1 fully saturated rings. The second-order valence-electron chi connectivity index (χ2n) is 5.71. The van der Waals surface area contributed by atoms with Crippen molar-refractivity contribution in [3.05, 3.63) is 24.4 Å². The lowest BCUT2D eigenvalue weighted by Crippen LogP contribution is -2.41. The van der Waals surface area contributed by atoms with Crippen LogP contribution in [-0.4, -0.2) is 40.6 Å². The number of nitrogens with one attached hydrogen (secondary N) is 1. The molecule has 24 heavy (non-hydrogen) atoms. The summed E-state index contributed by atoms with van der Waals surface area (Å²) in [6.07, 6.45) is 5.57. The van der Waals surface area contributed by atoms with Gasteiger partial charge in [0.15, 0.2) is 11.7 Å². The molecule has 0 aromatic carbocycles. The number of likely N-dealkylation sites (tertiary alicyclic amines) is 1. The van der Waals surface area contributed by atoms with E-state index < -0.39 is 17.6 Å². The Labute approximate surface area is 140 Å². The molecule has 0 bridgehead atoms. The third-order valence-electron chi connectivity index (χ3n) is 3.90. The standard InChI is InChI=1S/C17H20N4O3/c18-11-13(17(24)20-15-7-4-5-9-19-15)14(22)12-21-10-6-2-1-3-8-16(21)23/h4-5,7,9,13H,1-3,6,8,10,12H2,(H,19,20,24). The Balaban J connectivity index is 1.98.